The molecule has 7 heteroatoms. The zero-order valence-corrected chi connectivity index (χ0v) is 20.2. The van der Waals surface area contributed by atoms with E-state index in [0.29, 0.717) is 25.8 Å². The van der Waals surface area contributed by atoms with Crippen molar-refractivity contribution < 1.29 is 24.2 Å². The maximum Gasteiger partial charge on any atom is 0.407 e. The Morgan fingerprint density at radius 1 is 1.00 bits per heavy atom. The van der Waals surface area contributed by atoms with Crippen LogP contribution in [0.4, 0.5) is 4.79 Å². The van der Waals surface area contributed by atoms with Crippen LogP contribution in [0.15, 0.2) is 48.5 Å². The minimum absolute atomic E-state index is 0.0175. The normalized spacial score (nSPS) is 18.5. The third-order valence-corrected chi connectivity index (χ3v) is 7.30. The van der Waals surface area contributed by atoms with Crippen molar-refractivity contribution in [3.63, 3.8) is 0 Å². The molecule has 0 aliphatic heterocycles. The van der Waals surface area contributed by atoms with Gasteiger partial charge in [0.25, 0.3) is 0 Å². The van der Waals surface area contributed by atoms with Crippen molar-refractivity contribution in [3.8, 4) is 11.1 Å². The monoisotopic (exact) mass is 478 g/mol. The Kier molecular flexibility index (Phi) is 8.06. The predicted molar refractivity (Wildman–Crippen MR) is 133 cm³/mol. The van der Waals surface area contributed by atoms with Crippen molar-refractivity contribution in [2.24, 2.45) is 5.92 Å². The van der Waals surface area contributed by atoms with Gasteiger partial charge < -0.3 is 20.1 Å². The Morgan fingerprint density at radius 2 is 1.66 bits per heavy atom. The number of fused-ring (bicyclic) bond motifs is 3. The van der Waals surface area contributed by atoms with Gasteiger partial charge >= 0.3 is 12.1 Å². The fraction of sp³-hybridized carbons (Fsp3) is 0.464. The van der Waals surface area contributed by atoms with Crippen LogP contribution >= 0.6 is 0 Å². The Hall–Kier alpha value is -3.35. The molecule has 0 unspecified atom stereocenters. The first kappa shape index (κ1) is 24.8. The minimum Gasteiger partial charge on any atom is -0.481 e. The number of carboxylic acids is 1. The van der Waals surface area contributed by atoms with Crippen molar-refractivity contribution in [2.45, 2.75) is 56.9 Å². The molecular weight excluding hydrogens is 444 g/mol. The summed E-state index contributed by atoms with van der Waals surface area (Å²) in [6.07, 6.45) is 3.99. The van der Waals surface area contributed by atoms with Gasteiger partial charge in [-0.1, -0.05) is 55.0 Å². The summed E-state index contributed by atoms with van der Waals surface area (Å²) in [4.78, 5) is 37.7. The molecular formula is C28H34N2O5. The molecule has 0 spiro atoms. The summed E-state index contributed by atoms with van der Waals surface area (Å²) in [5.41, 5.74) is 4.74. The van der Waals surface area contributed by atoms with Crippen LogP contribution in [0.2, 0.25) is 0 Å². The number of carbonyl (C=O) groups is 3. The van der Waals surface area contributed by atoms with E-state index in [1.54, 1.807) is 11.9 Å². The smallest absolute Gasteiger partial charge is 0.407 e. The SMILES string of the molecule is CN(CCCCC(=O)O)C(=O)C[C@@H]1CCC[C@H]1NC(=O)OCC1c2ccccc2-c2ccccc21. The summed E-state index contributed by atoms with van der Waals surface area (Å²) in [6.45, 7) is 0.818. The molecule has 2 aromatic rings. The van der Waals surface area contributed by atoms with Crippen molar-refractivity contribution in [1.29, 1.82) is 0 Å². The third kappa shape index (κ3) is 6.02. The average molecular weight is 479 g/mol. The van der Waals surface area contributed by atoms with Crippen LogP contribution in [0, 0.1) is 5.92 Å². The lowest BCUT2D eigenvalue weighted by molar-refractivity contribution is -0.137. The van der Waals surface area contributed by atoms with Gasteiger partial charge in [-0.2, -0.15) is 0 Å². The highest BCUT2D eigenvalue weighted by Crippen LogP contribution is 2.44. The Morgan fingerprint density at radius 3 is 2.31 bits per heavy atom. The van der Waals surface area contributed by atoms with Gasteiger partial charge in [0.15, 0.2) is 0 Å². The van der Waals surface area contributed by atoms with E-state index in [0.717, 1.165) is 19.3 Å². The zero-order valence-electron chi connectivity index (χ0n) is 20.2. The number of unbranched alkanes of at least 4 members (excludes halogenated alkanes) is 1. The summed E-state index contributed by atoms with van der Waals surface area (Å²) in [7, 11) is 1.76. The second kappa shape index (κ2) is 11.4. The summed E-state index contributed by atoms with van der Waals surface area (Å²) in [6, 6.07) is 16.4. The number of carboxylic acid groups (broad SMARTS) is 1. The van der Waals surface area contributed by atoms with E-state index >= 15 is 0 Å². The van der Waals surface area contributed by atoms with Gasteiger partial charge in [-0.25, -0.2) is 4.79 Å². The number of alkyl carbamates (subject to hydrolysis) is 1. The maximum absolute atomic E-state index is 12.7. The minimum atomic E-state index is -0.813. The summed E-state index contributed by atoms with van der Waals surface area (Å²) in [5.74, 6) is -0.674. The van der Waals surface area contributed by atoms with Crippen LogP contribution in [0.5, 0.6) is 0 Å². The number of hydrogen-bond donors (Lipinski definition) is 2. The first-order chi connectivity index (χ1) is 16.9. The largest absolute Gasteiger partial charge is 0.481 e. The molecule has 2 aliphatic carbocycles. The number of nitrogens with zero attached hydrogens (tertiary/aromatic N) is 1. The lowest BCUT2D eigenvalue weighted by Gasteiger charge is -2.24. The van der Waals surface area contributed by atoms with E-state index in [1.807, 2.05) is 24.3 Å². The Balaban J connectivity index is 1.27. The molecule has 2 aromatic carbocycles. The molecule has 2 amide bonds. The highest BCUT2D eigenvalue weighted by molar-refractivity contribution is 5.79. The second-order valence-corrected chi connectivity index (χ2v) is 9.64. The van der Waals surface area contributed by atoms with Crippen LogP contribution in [0.25, 0.3) is 11.1 Å². The molecule has 1 saturated carbocycles. The quantitative estimate of drug-likeness (QED) is 0.479. The van der Waals surface area contributed by atoms with E-state index in [-0.39, 0.29) is 36.8 Å². The van der Waals surface area contributed by atoms with Gasteiger partial charge in [0, 0.05) is 38.4 Å². The average Bonchev–Trinajstić information content (AvgIpc) is 3.42. The fourth-order valence-corrected chi connectivity index (χ4v) is 5.39. The first-order valence-electron chi connectivity index (χ1n) is 12.5. The van der Waals surface area contributed by atoms with Crippen LogP contribution in [0.3, 0.4) is 0 Å². The summed E-state index contributed by atoms with van der Waals surface area (Å²) >= 11 is 0. The van der Waals surface area contributed by atoms with Crippen LogP contribution in [-0.2, 0) is 14.3 Å². The molecule has 35 heavy (non-hydrogen) atoms. The number of hydrogen-bond acceptors (Lipinski definition) is 4. The number of ether oxygens (including phenoxy) is 1. The fourth-order valence-electron chi connectivity index (χ4n) is 5.39. The van der Waals surface area contributed by atoms with Gasteiger partial charge in [-0.3, -0.25) is 9.59 Å². The second-order valence-electron chi connectivity index (χ2n) is 9.64. The molecule has 4 rings (SSSR count). The summed E-state index contributed by atoms with van der Waals surface area (Å²) < 4.78 is 5.69. The van der Waals surface area contributed by atoms with Crippen LogP contribution in [0.1, 0.15) is 62.0 Å². The van der Waals surface area contributed by atoms with E-state index in [1.165, 1.54) is 22.3 Å². The van der Waals surface area contributed by atoms with Crippen LogP contribution in [-0.4, -0.2) is 54.2 Å². The third-order valence-electron chi connectivity index (χ3n) is 7.30. The van der Waals surface area contributed by atoms with Gasteiger partial charge in [-0.15, -0.1) is 0 Å². The molecule has 2 aliphatic rings. The first-order valence-corrected chi connectivity index (χ1v) is 12.5. The molecule has 2 N–H and O–H groups in total. The van der Waals surface area contributed by atoms with E-state index in [9.17, 15) is 14.4 Å². The molecule has 0 saturated heterocycles. The maximum atomic E-state index is 12.7. The Labute approximate surface area is 206 Å². The number of amides is 2. The number of rotatable bonds is 10. The van der Waals surface area contributed by atoms with Gasteiger partial charge in [-0.05, 0) is 53.9 Å². The molecule has 7 nitrogen and oxygen atoms in total. The van der Waals surface area contributed by atoms with E-state index in [4.69, 9.17) is 9.84 Å². The van der Waals surface area contributed by atoms with Crippen molar-refractivity contribution >= 4 is 18.0 Å². The predicted octanol–water partition coefficient (Wildman–Crippen LogP) is 4.80. The molecule has 0 bridgehead atoms. The summed E-state index contributed by atoms with van der Waals surface area (Å²) in [5, 5.41) is 11.8. The standard InChI is InChI=1S/C28H34N2O5/c1-30(16-7-6-15-27(32)33)26(31)17-19-9-8-14-25(19)29-28(34)35-18-24-22-12-4-2-10-20(22)21-11-3-5-13-23(21)24/h2-5,10-13,19,24-25H,6-9,14-18H2,1H3,(H,29,34)(H,32,33)/t19-,25+/m0/s1. The highest BCUT2D eigenvalue weighted by Gasteiger charge is 2.33. The number of aliphatic carboxylic acids is 1. The topological polar surface area (TPSA) is 95.9 Å². The molecule has 0 heterocycles. The Bertz CT molecular complexity index is 1020. The highest BCUT2D eigenvalue weighted by atomic mass is 16.5. The van der Waals surface area contributed by atoms with Gasteiger partial charge in [0.2, 0.25) is 5.91 Å². The van der Waals surface area contributed by atoms with Crippen molar-refractivity contribution in [3.05, 3.63) is 59.7 Å². The number of nitrogens with one attached hydrogen (secondary N) is 1. The van der Waals surface area contributed by atoms with Crippen molar-refractivity contribution in [1.82, 2.24) is 10.2 Å². The molecule has 1 fully saturated rings. The molecule has 0 radical (unpaired) electrons. The molecule has 0 aromatic heterocycles. The van der Waals surface area contributed by atoms with Crippen molar-refractivity contribution in [2.75, 3.05) is 20.2 Å². The molecule has 2 atom stereocenters. The van der Waals surface area contributed by atoms with Gasteiger partial charge in [0.1, 0.15) is 6.61 Å². The lowest BCUT2D eigenvalue weighted by atomic mass is 9.98. The van der Waals surface area contributed by atoms with Crippen LogP contribution < -0.4 is 5.32 Å². The zero-order chi connectivity index (χ0) is 24.8. The number of carbonyl (C=O) groups excluding carboxylic acids is 2. The lowest BCUT2D eigenvalue weighted by Crippen LogP contribution is -2.40. The molecule has 186 valence electrons. The van der Waals surface area contributed by atoms with E-state index in [2.05, 4.69) is 29.6 Å². The van der Waals surface area contributed by atoms with E-state index < -0.39 is 12.1 Å². The van der Waals surface area contributed by atoms with Gasteiger partial charge in [0.05, 0.1) is 0 Å². The number of benzene rings is 2.